The largest absolute Gasteiger partial charge is 0.300 e. The number of carbonyl (C=O) groups is 2. The van der Waals surface area contributed by atoms with Gasteiger partial charge in [0.1, 0.15) is 15.6 Å². The fraction of sp³-hybridized carbons (Fsp3) is 0.667. The second-order valence-electron chi connectivity index (χ2n) is 3.38. The number of carbonyl (C=O) groups excluding carboxylic acids is 2. The van der Waals surface area contributed by atoms with Crippen LogP contribution < -0.4 is 0 Å². The zero-order valence-electron chi connectivity index (χ0n) is 11.6. The van der Waals surface area contributed by atoms with E-state index in [4.69, 9.17) is 0 Å². The summed E-state index contributed by atoms with van der Waals surface area (Å²) < 4.78 is 20.0. The molecule has 0 rings (SSSR count). The highest BCUT2D eigenvalue weighted by molar-refractivity contribution is 7.90. The summed E-state index contributed by atoms with van der Waals surface area (Å²) in [6.07, 6.45) is 5.13. The van der Waals surface area contributed by atoms with Crippen molar-refractivity contribution in [3.63, 3.8) is 0 Å². The summed E-state index contributed by atoms with van der Waals surface area (Å²) in [6, 6.07) is 0. The Kier molecular flexibility index (Phi) is 16.4. The molecule has 0 heterocycles. The van der Waals surface area contributed by atoms with Crippen LogP contribution in [0.5, 0.6) is 0 Å². The molecule has 0 N–H and O–H groups in total. The summed E-state index contributed by atoms with van der Waals surface area (Å²) in [5, 5.41) is 0. The molecular formula is C12H24O4S. The number of allylic oxidation sites excluding steroid dienone is 2. The van der Waals surface area contributed by atoms with Crippen molar-refractivity contribution in [1.82, 2.24) is 0 Å². The Morgan fingerprint density at radius 2 is 1.41 bits per heavy atom. The molecule has 5 heteroatoms. The van der Waals surface area contributed by atoms with Gasteiger partial charge in [-0.15, -0.1) is 0 Å². The third-order valence-corrected chi connectivity index (χ3v) is 2.47. The first-order valence-electron chi connectivity index (χ1n) is 5.41. The molecule has 0 aliphatic carbocycles. The minimum Gasteiger partial charge on any atom is -0.300 e. The molecule has 0 saturated heterocycles. The molecule has 0 spiro atoms. The fourth-order valence-electron chi connectivity index (χ4n) is 0.235. The third kappa shape index (κ3) is 51.6. The molecule has 0 aromatic carbocycles. The van der Waals surface area contributed by atoms with E-state index >= 15 is 0 Å². The van der Waals surface area contributed by atoms with Gasteiger partial charge in [0.05, 0.1) is 0 Å². The van der Waals surface area contributed by atoms with Crippen LogP contribution in [0.4, 0.5) is 0 Å². The SMILES string of the molecule is CC=CC(C)=O.CCC(C)=O.CCS(C)(=O)=O. The first kappa shape index (κ1) is 21.3. The van der Waals surface area contributed by atoms with Gasteiger partial charge in [0, 0.05) is 18.4 Å². The number of rotatable bonds is 3. The molecule has 102 valence electrons. The molecule has 4 nitrogen and oxygen atoms in total. The predicted octanol–water partition coefficient (Wildman–Crippen LogP) is 2.19. The van der Waals surface area contributed by atoms with Gasteiger partial charge in [0.15, 0.2) is 5.78 Å². The van der Waals surface area contributed by atoms with E-state index in [-0.39, 0.29) is 17.3 Å². The topological polar surface area (TPSA) is 68.3 Å². The highest BCUT2D eigenvalue weighted by atomic mass is 32.2. The lowest BCUT2D eigenvalue weighted by Gasteiger charge is -1.81. The normalized spacial score (nSPS) is 9.76. The number of sulfone groups is 1. The van der Waals surface area contributed by atoms with Gasteiger partial charge >= 0.3 is 0 Å². The first-order valence-corrected chi connectivity index (χ1v) is 7.47. The Labute approximate surface area is 105 Å². The molecule has 0 saturated carbocycles. The smallest absolute Gasteiger partial charge is 0.152 e. The average Bonchev–Trinajstić information content (AvgIpc) is 2.18. The molecule has 0 aliphatic heterocycles. The molecule has 0 radical (unpaired) electrons. The monoisotopic (exact) mass is 264 g/mol. The van der Waals surface area contributed by atoms with Crippen LogP contribution >= 0.6 is 0 Å². The van der Waals surface area contributed by atoms with Gasteiger partial charge in [-0.1, -0.05) is 19.9 Å². The van der Waals surface area contributed by atoms with E-state index in [0.717, 1.165) is 0 Å². The van der Waals surface area contributed by atoms with Crippen molar-refractivity contribution in [3.05, 3.63) is 12.2 Å². The van der Waals surface area contributed by atoms with Gasteiger partial charge in [-0.05, 0) is 26.8 Å². The zero-order chi connectivity index (χ0) is 14.5. The number of hydrogen-bond acceptors (Lipinski definition) is 4. The lowest BCUT2D eigenvalue weighted by atomic mass is 10.4. The molecule has 17 heavy (non-hydrogen) atoms. The van der Waals surface area contributed by atoms with Crippen LogP contribution in [0, 0.1) is 0 Å². The molecule has 0 aromatic heterocycles. The maximum Gasteiger partial charge on any atom is 0.152 e. The van der Waals surface area contributed by atoms with Gasteiger partial charge in [-0.25, -0.2) is 8.42 Å². The fourth-order valence-corrected chi connectivity index (χ4v) is 0.235. The Bertz CT molecular complexity index is 326. The van der Waals surface area contributed by atoms with Crippen LogP contribution in [0.15, 0.2) is 12.2 Å². The summed E-state index contributed by atoms with van der Waals surface area (Å²) in [6.45, 7) is 8.40. The lowest BCUT2D eigenvalue weighted by Crippen LogP contribution is -1.96. The molecule has 0 fully saturated rings. The van der Waals surface area contributed by atoms with Crippen LogP contribution in [0.25, 0.3) is 0 Å². The maximum absolute atomic E-state index is 10.0. The van der Waals surface area contributed by atoms with E-state index in [1.54, 1.807) is 19.9 Å². The minimum atomic E-state index is -2.66. The van der Waals surface area contributed by atoms with Crippen LogP contribution in [0.3, 0.4) is 0 Å². The average molecular weight is 264 g/mol. The minimum absolute atomic E-state index is 0.109. The predicted molar refractivity (Wildman–Crippen MR) is 71.9 cm³/mol. The van der Waals surface area contributed by atoms with Crippen molar-refractivity contribution in [1.29, 1.82) is 0 Å². The van der Waals surface area contributed by atoms with E-state index in [2.05, 4.69) is 0 Å². The van der Waals surface area contributed by atoms with Crippen molar-refractivity contribution in [2.45, 2.75) is 41.0 Å². The van der Waals surface area contributed by atoms with Crippen LogP contribution in [0.2, 0.25) is 0 Å². The number of hydrogen-bond donors (Lipinski definition) is 0. The van der Waals surface area contributed by atoms with Crippen molar-refractivity contribution in [2.24, 2.45) is 0 Å². The third-order valence-electron chi connectivity index (χ3n) is 1.42. The molecule has 0 aromatic rings. The Hall–Kier alpha value is -0.970. The van der Waals surface area contributed by atoms with E-state index in [1.165, 1.54) is 19.3 Å². The van der Waals surface area contributed by atoms with Gasteiger partial charge in [-0.3, -0.25) is 4.79 Å². The lowest BCUT2D eigenvalue weighted by molar-refractivity contribution is -0.116. The van der Waals surface area contributed by atoms with E-state index in [1.807, 2.05) is 13.8 Å². The molecule has 0 aliphatic rings. The summed E-state index contributed by atoms with van der Waals surface area (Å²) in [7, 11) is -2.66. The zero-order valence-corrected chi connectivity index (χ0v) is 12.4. The second kappa shape index (κ2) is 13.1. The first-order chi connectivity index (χ1) is 7.60. The maximum atomic E-state index is 10.0. The standard InChI is InChI=1S/C5H8O.C4H8O.C3H8O2S/c1-3-4-5(2)6;1-3-4(2)5;1-3-6(2,4)5/h3-4H,1-2H3;3H2,1-2H3;3H2,1-2H3. The van der Waals surface area contributed by atoms with Crippen LogP contribution in [0.1, 0.15) is 41.0 Å². The van der Waals surface area contributed by atoms with Gasteiger partial charge in [-0.2, -0.15) is 0 Å². The van der Waals surface area contributed by atoms with Crippen LogP contribution in [-0.2, 0) is 19.4 Å². The van der Waals surface area contributed by atoms with Gasteiger partial charge in [0.2, 0.25) is 0 Å². The summed E-state index contributed by atoms with van der Waals surface area (Å²) in [5.41, 5.74) is 0. The van der Waals surface area contributed by atoms with Gasteiger partial charge in [0.25, 0.3) is 0 Å². The van der Waals surface area contributed by atoms with Gasteiger partial charge < -0.3 is 4.79 Å². The summed E-state index contributed by atoms with van der Waals surface area (Å²) in [4.78, 5) is 19.8. The Morgan fingerprint density at radius 1 is 1.12 bits per heavy atom. The highest BCUT2D eigenvalue weighted by Gasteiger charge is 1.90. The van der Waals surface area contributed by atoms with Crippen LogP contribution in [-0.4, -0.2) is 32.0 Å². The Morgan fingerprint density at radius 3 is 1.41 bits per heavy atom. The molecule has 0 atom stereocenters. The summed E-state index contributed by atoms with van der Waals surface area (Å²) >= 11 is 0. The molecule has 0 unspecified atom stereocenters. The van der Waals surface area contributed by atoms with Crippen molar-refractivity contribution >= 4 is 21.4 Å². The summed E-state index contributed by atoms with van der Waals surface area (Å²) in [5.74, 6) is 0.606. The molecule has 0 amide bonds. The second-order valence-corrected chi connectivity index (χ2v) is 5.81. The van der Waals surface area contributed by atoms with Crippen molar-refractivity contribution in [3.8, 4) is 0 Å². The van der Waals surface area contributed by atoms with Crippen molar-refractivity contribution < 1.29 is 18.0 Å². The molecular weight excluding hydrogens is 240 g/mol. The van der Waals surface area contributed by atoms with E-state index in [0.29, 0.717) is 6.42 Å². The van der Waals surface area contributed by atoms with E-state index < -0.39 is 9.84 Å². The van der Waals surface area contributed by atoms with Crippen molar-refractivity contribution in [2.75, 3.05) is 12.0 Å². The number of Topliss-reactive ketones (excluding diaryl/α,β-unsaturated/α-hetero) is 1. The van der Waals surface area contributed by atoms with E-state index in [9.17, 15) is 18.0 Å². The number of ketones is 2. The molecule has 0 bridgehead atoms. The quantitative estimate of drug-likeness (QED) is 0.733. The Balaban J connectivity index is -0.000000174. The highest BCUT2D eigenvalue weighted by Crippen LogP contribution is 1.75.